The quantitative estimate of drug-likeness (QED) is 0.692. The maximum atomic E-state index is 12.8. The minimum absolute atomic E-state index is 0.0214. The Balaban J connectivity index is 2.07. The lowest BCUT2D eigenvalue weighted by Gasteiger charge is -2.22. The molecule has 1 aromatic carbocycles. The Morgan fingerprint density at radius 1 is 1.28 bits per heavy atom. The van der Waals surface area contributed by atoms with Crippen LogP contribution in [-0.4, -0.2) is 34.8 Å². The van der Waals surface area contributed by atoms with Crippen molar-refractivity contribution in [1.82, 2.24) is 9.88 Å². The number of hydrogen-bond acceptors (Lipinski definition) is 4. The molecule has 2 rings (SSSR count). The second-order valence-corrected chi connectivity index (χ2v) is 7.38. The normalized spacial score (nSPS) is 10.5. The van der Waals surface area contributed by atoms with E-state index in [2.05, 4.69) is 17.2 Å². The first-order valence-corrected chi connectivity index (χ1v) is 9.46. The van der Waals surface area contributed by atoms with Gasteiger partial charge in [-0.25, -0.2) is 4.98 Å². The summed E-state index contributed by atoms with van der Waals surface area (Å²) in [6.45, 7) is 4.51. The molecule has 1 aromatic heterocycles. The topological polar surface area (TPSA) is 62.3 Å². The van der Waals surface area contributed by atoms with Gasteiger partial charge in [-0.3, -0.25) is 9.59 Å². The average molecular weight is 380 g/mol. The molecule has 0 unspecified atom stereocenters. The van der Waals surface area contributed by atoms with Crippen molar-refractivity contribution in [1.29, 1.82) is 0 Å². The molecule has 0 bridgehead atoms. The van der Waals surface area contributed by atoms with E-state index in [-0.39, 0.29) is 18.4 Å². The summed E-state index contributed by atoms with van der Waals surface area (Å²) < 4.78 is 0. The van der Waals surface area contributed by atoms with Crippen LogP contribution in [0.2, 0.25) is 5.02 Å². The molecule has 0 radical (unpaired) electrons. The van der Waals surface area contributed by atoms with Gasteiger partial charge in [-0.2, -0.15) is 0 Å². The minimum atomic E-state index is -0.258. The smallest absolute Gasteiger partial charge is 0.255 e. The van der Waals surface area contributed by atoms with Gasteiger partial charge in [0.25, 0.3) is 5.91 Å². The molecule has 2 aromatic rings. The fourth-order valence-corrected chi connectivity index (χ4v) is 3.25. The lowest BCUT2D eigenvalue weighted by Crippen LogP contribution is -2.38. The number of nitrogens with zero attached hydrogens (tertiary/aromatic N) is 2. The van der Waals surface area contributed by atoms with Crippen LogP contribution in [0.25, 0.3) is 0 Å². The van der Waals surface area contributed by atoms with Crippen molar-refractivity contribution in [2.24, 2.45) is 0 Å². The van der Waals surface area contributed by atoms with E-state index in [1.165, 1.54) is 11.3 Å². The molecule has 0 saturated heterocycles. The Morgan fingerprint density at radius 3 is 2.68 bits per heavy atom. The van der Waals surface area contributed by atoms with E-state index in [1.807, 2.05) is 6.92 Å². The van der Waals surface area contributed by atoms with Gasteiger partial charge in [-0.05, 0) is 25.5 Å². The van der Waals surface area contributed by atoms with Crippen LogP contribution >= 0.6 is 22.9 Å². The summed E-state index contributed by atoms with van der Waals surface area (Å²) in [5, 5.41) is 3.68. The van der Waals surface area contributed by atoms with Crippen LogP contribution in [0.4, 0.5) is 5.13 Å². The molecular formula is C18H22ClN3O2S. The van der Waals surface area contributed by atoms with Gasteiger partial charge in [0.1, 0.15) is 6.54 Å². The Kier molecular flexibility index (Phi) is 7.40. The Morgan fingerprint density at radius 2 is 2.04 bits per heavy atom. The van der Waals surface area contributed by atoms with Crippen molar-refractivity contribution in [3.8, 4) is 0 Å². The average Bonchev–Trinajstić information content (AvgIpc) is 2.98. The second-order valence-electron chi connectivity index (χ2n) is 5.74. The van der Waals surface area contributed by atoms with E-state index in [9.17, 15) is 9.59 Å². The van der Waals surface area contributed by atoms with Gasteiger partial charge >= 0.3 is 0 Å². The summed E-state index contributed by atoms with van der Waals surface area (Å²) in [5.74, 6) is -0.488. The first kappa shape index (κ1) is 19.4. The summed E-state index contributed by atoms with van der Waals surface area (Å²) in [4.78, 5) is 31.8. The molecule has 25 heavy (non-hydrogen) atoms. The van der Waals surface area contributed by atoms with E-state index in [0.29, 0.717) is 22.3 Å². The monoisotopic (exact) mass is 379 g/mol. The lowest BCUT2D eigenvalue weighted by atomic mass is 10.1. The number of rotatable bonds is 8. The highest BCUT2D eigenvalue weighted by atomic mass is 35.5. The van der Waals surface area contributed by atoms with Gasteiger partial charge in [-0.15, -0.1) is 11.3 Å². The van der Waals surface area contributed by atoms with Crippen LogP contribution < -0.4 is 5.32 Å². The number of carbonyl (C=O) groups is 2. The lowest BCUT2D eigenvalue weighted by molar-refractivity contribution is -0.116. The van der Waals surface area contributed by atoms with E-state index >= 15 is 0 Å². The number of benzene rings is 1. The molecule has 0 fully saturated rings. The first-order valence-electron chi connectivity index (χ1n) is 8.27. The Bertz CT molecular complexity index is 733. The molecule has 1 N–H and O–H groups in total. The molecule has 2 amide bonds. The molecule has 0 saturated carbocycles. The Labute approximate surface area is 157 Å². The molecule has 0 aliphatic heterocycles. The minimum Gasteiger partial charge on any atom is -0.329 e. The number of halogens is 1. The summed E-state index contributed by atoms with van der Waals surface area (Å²) in [7, 11) is 0. The third kappa shape index (κ3) is 5.83. The van der Waals surface area contributed by atoms with Crippen LogP contribution in [0, 0.1) is 6.92 Å². The highest BCUT2D eigenvalue weighted by Crippen LogP contribution is 2.19. The van der Waals surface area contributed by atoms with Crippen LogP contribution in [0.3, 0.4) is 0 Å². The van der Waals surface area contributed by atoms with E-state index < -0.39 is 0 Å². The van der Waals surface area contributed by atoms with Gasteiger partial charge in [0.2, 0.25) is 5.91 Å². The zero-order valence-corrected chi connectivity index (χ0v) is 16.0. The fraction of sp³-hybridized carbons (Fsp3) is 0.389. The van der Waals surface area contributed by atoms with Gasteiger partial charge in [0, 0.05) is 17.6 Å². The number of anilines is 1. The predicted octanol–water partition coefficient (Wildman–Crippen LogP) is 4.38. The van der Waals surface area contributed by atoms with E-state index in [0.717, 1.165) is 24.1 Å². The number of aromatic nitrogens is 1. The summed E-state index contributed by atoms with van der Waals surface area (Å²) in [6.07, 6.45) is 4.59. The van der Waals surface area contributed by atoms with E-state index in [4.69, 9.17) is 11.6 Å². The van der Waals surface area contributed by atoms with Gasteiger partial charge in [0.15, 0.2) is 5.13 Å². The van der Waals surface area contributed by atoms with Crippen molar-refractivity contribution in [3.05, 3.63) is 45.9 Å². The molecule has 0 aliphatic carbocycles. The van der Waals surface area contributed by atoms with Gasteiger partial charge < -0.3 is 10.2 Å². The summed E-state index contributed by atoms with van der Waals surface area (Å²) in [5.41, 5.74) is 0.415. The van der Waals surface area contributed by atoms with Gasteiger partial charge in [0.05, 0.1) is 10.6 Å². The van der Waals surface area contributed by atoms with Gasteiger partial charge in [-0.1, -0.05) is 43.5 Å². The molecule has 0 atom stereocenters. The molecule has 5 nitrogen and oxygen atoms in total. The largest absolute Gasteiger partial charge is 0.329 e. The molecule has 1 heterocycles. The second kappa shape index (κ2) is 9.53. The molecule has 0 spiro atoms. The van der Waals surface area contributed by atoms with Crippen molar-refractivity contribution in [2.75, 3.05) is 18.4 Å². The highest BCUT2D eigenvalue weighted by Gasteiger charge is 2.21. The van der Waals surface area contributed by atoms with Crippen LogP contribution in [0.15, 0.2) is 30.5 Å². The zero-order chi connectivity index (χ0) is 18.2. The van der Waals surface area contributed by atoms with Crippen LogP contribution in [-0.2, 0) is 4.79 Å². The molecule has 134 valence electrons. The third-order valence-electron chi connectivity index (χ3n) is 3.63. The van der Waals surface area contributed by atoms with Crippen LogP contribution in [0.1, 0.15) is 41.4 Å². The first-order chi connectivity index (χ1) is 12.0. The van der Waals surface area contributed by atoms with Crippen molar-refractivity contribution in [2.45, 2.75) is 33.1 Å². The number of unbranched alkanes of at least 4 members (excludes halogenated alkanes) is 2. The maximum Gasteiger partial charge on any atom is 0.255 e. The number of carbonyl (C=O) groups excluding carboxylic acids is 2. The predicted molar refractivity (Wildman–Crippen MR) is 102 cm³/mol. The summed E-state index contributed by atoms with van der Waals surface area (Å²) >= 11 is 7.54. The number of amides is 2. The molecular weight excluding hydrogens is 358 g/mol. The van der Waals surface area contributed by atoms with Crippen LogP contribution in [0.5, 0.6) is 0 Å². The summed E-state index contributed by atoms with van der Waals surface area (Å²) in [6, 6.07) is 6.90. The SMILES string of the molecule is CCCCCN(CC(=O)Nc1ncc(C)s1)C(=O)c1ccccc1Cl. The third-order valence-corrected chi connectivity index (χ3v) is 4.78. The zero-order valence-electron chi connectivity index (χ0n) is 14.4. The fourth-order valence-electron chi connectivity index (χ4n) is 2.35. The van der Waals surface area contributed by atoms with Crippen molar-refractivity contribution >= 4 is 39.9 Å². The van der Waals surface area contributed by atoms with E-state index in [1.54, 1.807) is 35.4 Å². The number of nitrogens with one attached hydrogen (secondary N) is 1. The standard InChI is InChI=1S/C18H22ClN3O2S/c1-3-4-7-10-22(17(24)14-8-5-6-9-15(14)19)12-16(23)21-18-20-11-13(2)25-18/h5-6,8-9,11H,3-4,7,10,12H2,1-2H3,(H,20,21,23). The van der Waals surface area contributed by atoms with Crippen molar-refractivity contribution in [3.63, 3.8) is 0 Å². The molecule has 7 heteroatoms. The number of aryl methyl sites for hydroxylation is 1. The highest BCUT2D eigenvalue weighted by molar-refractivity contribution is 7.15. The van der Waals surface area contributed by atoms with Crippen molar-refractivity contribution < 1.29 is 9.59 Å². The number of hydrogen-bond donors (Lipinski definition) is 1. The number of thiazole rings is 1. The maximum absolute atomic E-state index is 12.8. The Hall–Kier alpha value is -1.92. The molecule has 0 aliphatic rings.